The van der Waals surface area contributed by atoms with Crippen molar-refractivity contribution in [3.63, 3.8) is 0 Å². The lowest BCUT2D eigenvalue weighted by molar-refractivity contribution is -0.144. The molecule has 3 nitrogen and oxygen atoms in total. The van der Waals surface area contributed by atoms with Crippen molar-refractivity contribution in [2.24, 2.45) is 0 Å². The summed E-state index contributed by atoms with van der Waals surface area (Å²) in [5.41, 5.74) is 2.56. The minimum atomic E-state index is -0.220. The van der Waals surface area contributed by atoms with Crippen molar-refractivity contribution in [2.45, 2.75) is 90.6 Å². The van der Waals surface area contributed by atoms with Crippen molar-refractivity contribution in [1.82, 2.24) is 0 Å². The van der Waals surface area contributed by atoms with E-state index < -0.39 is 0 Å². The number of esters is 1. The van der Waals surface area contributed by atoms with Gasteiger partial charge in [-0.15, -0.1) is 0 Å². The summed E-state index contributed by atoms with van der Waals surface area (Å²) >= 11 is 0. The number of aliphatic hydroxyl groups is 1. The van der Waals surface area contributed by atoms with Crippen molar-refractivity contribution in [2.75, 3.05) is 6.61 Å². The molecule has 1 N–H and O–H groups in total. The summed E-state index contributed by atoms with van der Waals surface area (Å²) in [6, 6.07) is 8.43. The van der Waals surface area contributed by atoms with Crippen molar-refractivity contribution in [3.05, 3.63) is 53.6 Å². The number of allylic oxidation sites excluding steroid dienone is 2. The largest absolute Gasteiger partial charge is 0.458 e. The minimum absolute atomic E-state index is 0.142. The first-order chi connectivity index (χ1) is 14.2. The normalized spacial score (nSPS) is 12.7. The van der Waals surface area contributed by atoms with Crippen LogP contribution in [0.15, 0.2) is 42.5 Å². The molecule has 0 radical (unpaired) electrons. The van der Waals surface area contributed by atoms with Gasteiger partial charge in [0.15, 0.2) is 0 Å². The van der Waals surface area contributed by atoms with Gasteiger partial charge in [0.05, 0.1) is 0 Å². The van der Waals surface area contributed by atoms with Crippen LogP contribution in [0, 0.1) is 0 Å². The zero-order valence-corrected chi connectivity index (χ0v) is 18.4. The summed E-state index contributed by atoms with van der Waals surface area (Å²) < 4.78 is 5.45. The van der Waals surface area contributed by atoms with Crippen LogP contribution in [0.1, 0.15) is 89.2 Å². The maximum atomic E-state index is 11.4. The minimum Gasteiger partial charge on any atom is -0.458 e. The van der Waals surface area contributed by atoms with Crippen LogP contribution in [0.3, 0.4) is 0 Å². The fraction of sp³-hybridized carbons (Fsp3) is 0.577. The van der Waals surface area contributed by atoms with E-state index in [-0.39, 0.29) is 18.7 Å². The molecule has 29 heavy (non-hydrogen) atoms. The van der Waals surface area contributed by atoms with Gasteiger partial charge >= 0.3 is 5.97 Å². The SMILES string of the molecule is CCCCCCCCC(C=CC=Cc1ccccc1CCCCCO)OC(C)=O. The fourth-order valence-corrected chi connectivity index (χ4v) is 3.41. The van der Waals surface area contributed by atoms with Gasteiger partial charge in [0.25, 0.3) is 0 Å². The molecule has 0 spiro atoms. The molecular formula is C26H40O3. The van der Waals surface area contributed by atoms with E-state index in [9.17, 15) is 4.79 Å². The predicted molar refractivity (Wildman–Crippen MR) is 123 cm³/mol. The lowest BCUT2D eigenvalue weighted by Gasteiger charge is -2.12. The van der Waals surface area contributed by atoms with Crippen LogP contribution in [0.25, 0.3) is 6.08 Å². The van der Waals surface area contributed by atoms with Crippen LogP contribution in [0.4, 0.5) is 0 Å². The van der Waals surface area contributed by atoms with Gasteiger partial charge in [-0.25, -0.2) is 0 Å². The lowest BCUT2D eigenvalue weighted by Crippen LogP contribution is -2.13. The molecule has 1 aromatic rings. The van der Waals surface area contributed by atoms with Gasteiger partial charge in [0, 0.05) is 13.5 Å². The molecule has 0 aliphatic rings. The van der Waals surface area contributed by atoms with E-state index in [2.05, 4.69) is 37.3 Å². The maximum absolute atomic E-state index is 11.4. The van der Waals surface area contributed by atoms with E-state index in [0.29, 0.717) is 0 Å². The Kier molecular flexibility index (Phi) is 14.8. The zero-order chi connectivity index (χ0) is 21.2. The van der Waals surface area contributed by atoms with Gasteiger partial charge in [0.1, 0.15) is 6.10 Å². The first-order valence-electron chi connectivity index (χ1n) is 11.4. The monoisotopic (exact) mass is 400 g/mol. The Bertz CT molecular complexity index is 604. The van der Waals surface area contributed by atoms with E-state index in [1.807, 2.05) is 18.2 Å². The molecule has 0 amide bonds. The number of hydrogen-bond acceptors (Lipinski definition) is 3. The predicted octanol–water partition coefficient (Wildman–Crippen LogP) is 6.64. The van der Waals surface area contributed by atoms with E-state index in [1.54, 1.807) is 0 Å². The zero-order valence-electron chi connectivity index (χ0n) is 18.4. The third-order valence-electron chi connectivity index (χ3n) is 5.03. The molecule has 162 valence electrons. The van der Waals surface area contributed by atoms with Crippen molar-refractivity contribution >= 4 is 12.0 Å². The van der Waals surface area contributed by atoms with Gasteiger partial charge in [-0.2, -0.15) is 0 Å². The number of aryl methyl sites for hydroxylation is 1. The Morgan fingerprint density at radius 3 is 2.48 bits per heavy atom. The summed E-state index contributed by atoms with van der Waals surface area (Å²) in [6.45, 7) is 3.98. The number of rotatable bonds is 16. The Balaban J connectivity index is 2.53. The van der Waals surface area contributed by atoms with Gasteiger partial charge < -0.3 is 9.84 Å². The molecule has 3 heteroatoms. The second kappa shape index (κ2) is 17.0. The second-order valence-electron chi connectivity index (χ2n) is 7.68. The third-order valence-corrected chi connectivity index (χ3v) is 5.03. The van der Waals surface area contributed by atoms with Gasteiger partial charge in [-0.1, -0.05) is 87.9 Å². The molecule has 0 fully saturated rings. The number of carbonyl (C=O) groups is 1. The van der Waals surface area contributed by atoms with Crippen LogP contribution in [0.2, 0.25) is 0 Å². The Morgan fingerprint density at radius 1 is 1.00 bits per heavy atom. The molecule has 0 aliphatic carbocycles. The molecule has 1 rings (SSSR count). The molecule has 0 saturated carbocycles. The summed E-state index contributed by atoms with van der Waals surface area (Å²) in [5, 5.41) is 8.91. The van der Waals surface area contributed by atoms with Gasteiger partial charge in [-0.3, -0.25) is 4.79 Å². The third kappa shape index (κ3) is 13.1. The summed E-state index contributed by atoms with van der Waals surface area (Å²) in [5.74, 6) is -0.220. The Labute approximate surface area is 177 Å². The highest BCUT2D eigenvalue weighted by Crippen LogP contribution is 2.15. The van der Waals surface area contributed by atoms with Crippen molar-refractivity contribution < 1.29 is 14.6 Å². The second-order valence-corrected chi connectivity index (χ2v) is 7.68. The topological polar surface area (TPSA) is 46.5 Å². The molecule has 1 aromatic carbocycles. The lowest BCUT2D eigenvalue weighted by atomic mass is 10.0. The number of aliphatic hydroxyl groups excluding tert-OH is 1. The van der Waals surface area contributed by atoms with Crippen LogP contribution in [-0.2, 0) is 16.0 Å². The van der Waals surface area contributed by atoms with E-state index in [0.717, 1.165) is 38.5 Å². The first kappa shape index (κ1) is 25.2. The number of hydrogen-bond donors (Lipinski definition) is 1. The molecule has 0 aliphatic heterocycles. The van der Waals surface area contributed by atoms with Crippen LogP contribution in [0.5, 0.6) is 0 Å². The van der Waals surface area contributed by atoms with E-state index >= 15 is 0 Å². The molecule has 0 bridgehead atoms. The van der Waals surface area contributed by atoms with E-state index in [1.165, 1.54) is 50.2 Å². The molecule has 1 unspecified atom stereocenters. The maximum Gasteiger partial charge on any atom is 0.303 e. The smallest absolute Gasteiger partial charge is 0.303 e. The molecule has 0 heterocycles. The standard InChI is InChI=1S/C26H40O3/c1-3-4-5-6-7-10-20-26(29-23(2)28)21-14-13-19-25-18-12-11-17-24(25)16-9-8-15-22-27/h11-14,17-19,21,26-27H,3-10,15-16,20,22H2,1-2H3. The quantitative estimate of drug-likeness (QED) is 0.192. The fourth-order valence-electron chi connectivity index (χ4n) is 3.41. The van der Waals surface area contributed by atoms with E-state index in [4.69, 9.17) is 9.84 Å². The van der Waals surface area contributed by atoms with Crippen LogP contribution in [-0.4, -0.2) is 23.8 Å². The highest BCUT2D eigenvalue weighted by atomic mass is 16.5. The molecule has 0 saturated heterocycles. The van der Waals surface area contributed by atoms with Crippen molar-refractivity contribution in [1.29, 1.82) is 0 Å². The highest BCUT2D eigenvalue weighted by molar-refractivity contribution is 5.66. The summed E-state index contributed by atoms with van der Waals surface area (Å²) in [6.07, 6.45) is 20.3. The Hall–Kier alpha value is -1.87. The van der Waals surface area contributed by atoms with Crippen LogP contribution >= 0.6 is 0 Å². The number of ether oxygens (including phenoxy) is 1. The van der Waals surface area contributed by atoms with Crippen molar-refractivity contribution in [3.8, 4) is 0 Å². The Morgan fingerprint density at radius 2 is 1.72 bits per heavy atom. The van der Waals surface area contributed by atoms with Gasteiger partial charge in [-0.05, 0) is 49.3 Å². The number of carbonyl (C=O) groups excluding carboxylic acids is 1. The van der Waals surface area contributed by atoms with Gasteiger partial charge in [0.2, 0.25) is 0 Å². The summed E-state index contributed by atoms with van der Waals surface area (Å²) in [7, 11) is 0. The number of benzene rings is 1. The average molecular weight is 401 g/mol. The number of unbranched alkanes of at least 4 members (excludes halogenated alkanes) is 7. The van der Waals surface area contributed by atoms with Crippen LogP contribution < -0.4 is 0 Å². The molecule has 0 aromatic heterocycles. The summed E-state index contributed by atoms with van der Waals surface area (Å²) in [4.78, 5) is 11.4. The highest BCUT2D eigenvalue weighted by Gasteiger charge is 2.07. The molecular weight excluding hydrogens is 360 g/mol. The molecule has 1 atom stereocenters. The average Bonchev–Trinajstić information content (AvgIpc) is 2.71. The first-order valence-corrected chi connectivity index (χ1v) is 11.4.